The summed E-state index contributed by atoms with van der Waals surface area (Å²) < 4.78 is 32.6. The highest BCUT2D eigenvalue weighted by Crippen LogP contribution is 2.65. The maximum atomic E-state index is 13.7. The summed E-state index contributed by atoms with van der Waals surface area (Å²) in [5.41, 5.74) is 0.0793. The molecule has 26 heavy (non-hydrogen) atoms. The summed E-state index contributed by atoms with van der Waals surface area (Å²) in [5, 5.41) is 0. The van der Waals surface area contributed by atoms with E-state index >= 15 is 0 Å². The van der Waals surface area contributed by atoms with E-state index in [4.69, 9.17) is 4.74 Å². The summed E-state index contributed by atoms with van der Waals surface area (Å²) in [6, 6.07) is 12.5. The summed E-state index contributed by atoms with van der Waals surface area (Å²) in [7, 11) is 0. The first-order valence-electron chi connectivity index (χ1n) is 8.80. The van der Waals surface area contributed by atoms with Crippen molar-refractivity contribution in [2.45, 2.75) is 31.8 Å². The van der Waals surface area contributed by atoms with Gasteiger partial charge >= 0.3 is 0 Å². The zero-order valence-corrected chi connectivity index (χ0v) is 14.8. The van der Waals surface area contributed by atoms with Crippen molar-refractivity contribution >= 4 is 5.91 Å². The summed E-state index contributed by atoms with van der Waals surface area (Å²) >= 11 is 0. The first-order valence-corrected chi connectivity index (χ1v) is 8.80. The molecule has 2 fully saturated rings. The van der Waals surface area contributed by atoms with E-state index in [2.05, 4.69) is 13.8 Å². The Labute approximate surface area is 151 Å². The number of nitrogens with zero attached hydrogens (tertiary/aromatic N) is 1. The highest BCUT2D eigenvalue weighted by atomic mass is 19.1. The third-order valence-electron chi connectivity index (χ3n) is 5.71. The summed E-state index contributed by atoms with van der Waals surface area (Å²) in [6.07, 6.45) is 0.530. The number of carbonyl (C=O) groups excluding carboxylic acids is 1. The molecule has 2 aromatic rings. The van der Waals surface area contributed by atoms with Crippen LogP contribution < -0.4 is 4.74 Å². The molecule has 2 aromatic carbocycles. The van der Waals surface area contributed by atoms with Crippen LogP contribution in [0.3, 0.4) is 0 Å². The lowest BCUT2D eigenvalue weighted by molar-refractivity contribution is -0.143. The molecule has 5 heteroatoms. The molecule has 1 heterocycles. The predicted molar refractivity (Wildman–Crippen MR) is 93.9 cm³/mol. The number of likely N-dealkylation sites (tertiary alicyclic amines) is 1. The maximum absolute atomic E-state index is 13.7. The second-order valence-electron chi connectivity index (χ2n) is 7.85. The van der Waals surface area contributed by atoms with Gasteiger partial charge in [-0.25, -0.2) is 8.78 Å². The third kappa shape index (κ3) is 2.57. The molecule has 136 valence electrons. The highest BCUT2D eigenvalue weighted by molar-refractivity contribution is 5.93. The molecule has 1 saturated carbocycles. The number of ether oxygens (including phenoxy) is 1. The Bertz CT molecular complexity index is 843. The van der Waals surface area contributed by atoms with E-state index in [1.54, 1.807) is 35.2 Å². The summed E-state index contributed by atoms with van der Waals surface area (Å²) in [6.45, 7) is 4.99. The Balaban J connectivity index is 1.46. The average molecular weight is 357 g/mol. The van der Waals surface area contributed by atoms with Crippen LogP contribution in [0.5, 0.6) is 5.75 Å². The molecular formula is C21H21F2NO2. The van der Waals surface area contributed by atoms with Crippen LogP contribution in [0, 0.1) is 17.0 Å². The van der Waals surface area contributed by atoms with Crippen molar-refractivity contribution in [1.29, 1.82) is 0 Å². The van der Waals surface area contributed by atoms with Crippen molar-refractivity contribution in [3.63, 3.8) is 0 Å². The molecular weight excluding hydrogens is 336 g/mol. The molecule has 0 spiro atoms. The standard InChI is InChI=1S/C21H21F2NO2/c1-20(2)13-21(20,14-7-9-15(22)10-8-14)19(25)24-11-16(12-24)26-18-6-4-3-5-17(18)23/h3-10,16H,11-13H2,1-2H3/t21-/m1/s1. The van der Waals surface area contributed by atoms with Crippen molar-refractivity contribution in [2.24, 2.45) is 5.41 Å². The molecule has 1 amide bonds. The molecule has 0 bridgehead atoms. The quantitative estimate of drug-likeness (QED) is 0.830. The van der Waals surface area contributed by atoms with Crippen molar-refractivity contribution < 1.29 is 18.3 Å². The van der Waals surface area contributed by atoms with Crippen molar-refractivity contribution in [3.8, 4) is 5.75 Å². The van der Waals surface area contributed by atoms with Crippen LogP contribution in [0.4, 0.5) is 8.78 Å². The molecule has 0 aromatic heterocycles. The van der Waals surface area contributed by atoms with E-state index in [0.717, 1.165) is 12.0 Å². The number of halogens is 2. The van der Waals surface area contributed by atoms with Gasteiger partial charge in [0, 0.05) is 0 Å². The molecule has 1 aliphatic heterocycles. The van der Waals surface area contributed by atoms with E-state index in [1.165, 1.54) is 18.2 Å². The minimum atomic E-state index is -0.607. The van der Waals surface area contributed by atoms with Crippen LogP contribution in [-0.2, 0) is 10.2 Å². The highest BCUT2D eigenvalue weighted by Gasteiger charge is 2.68. The normalized spacial score (nSPS) is 24.1. The van der Waals surface area contributed by atoms with Crippen LogP contribution in [0.15, 0.2) is 48.5 Å². The minimum Gasteiger partial charge on any atom is -0.484 e. The zero-order valence-electron chi connectivity index (χ0n) is 14.8. The van der Waals surface area contributed by atoms with Crippen LogP contribution in [-0.4, -0.2) is 30.0 Å². The van der Waals surface area contributed by atoms with Gasteiger partial charge in [0.1, 0.15) is 11.9 Å². The van der Waals surface area contributed by atoms with E-state index in [9.17, 15) is 13.6 Å². The van der Waals surface area contributed by atoms with E-state index in [0.29, 0.717) is 13.1 Å². The molecule has 1 aliphatic carbocycles. The lowest BCUT2D eigenvalue weighted by Crippen LogP contribution is -2.59. The number of benzene rings is 2. The minimum absolute atomic E-state index is 0.0440. The lowest BCUT2D eigenvalue weighted by atomic mass is 9.85. The number of amides is 1. The van der Waals surface area contributed by atoms with Gasteiger partial charge in [0.2, 0.25) is 5.91 Å². The van der Waals surface area contributed by atoms with Gasteiger partial charge in [-0.1, -0.05) is 38.1 Å². The molecule has 1 saturated heterocycles. The number of para-hydroxylation sites is 1. The lowest BCUT2D eigenvalue weighted by Gasteiger charge is -2.41. The molecule has 0 unspecified atom stereocenters. The number of rotatable bonds is 4. The van der Waals surface area contributed by atoms with Gasteiger partial charge in [0.25, 0.3) is 0 Å². The number of hydrogen-bond acceptors (Lipinski definition) is 2. The van der Waals surface area contributed by atoms with Gasteiger partial charge in [-0.2, -0.15) is 0 Å². The fourth-order valence-corrected chi connectivity index (χ4v) is 4.00. The molecule has 0 N–H and O–H groups in total. The smallest absolute Gasteiger partial charge is 0.234 e. The van der Waals surface area contributed by atoms with Crippen LogP contribution in [0.1, 0.15) is 25.8 Å². The Kier molecular flexibility index (Phi) is 3.79. The summed E-state index contributed by atoms with van der Waals surface area (Å²) in [4.78, 5) is 14.9. The van der Waals surface area contributed by atoms with E-state index in [1.807, 2.05) is 0 Å². The number of carbonyl (C=O) groups is 1. The van der Waals surface area contributed by atoms with Crippen LogP contribution >= 0.6 is 0 Å². The molecule has 2 aliphatic rings. The first-order chi connectivity index (χ1) is 12.3. The zero-order chi connectivity index (χ0) is 18.5. The average Bonchev–Trinajstić information content (AvgIpc) is 3.16. The largest absolute Gasteiger partial charge is 0.484 e. The van der Waals surface area contributed by atoms with Gasteiger partial charge in [0.15, 0.2) is 11.6 Å². The third-order valence-corrected chi connectivity index (χ3v) is 5.71. The Hall–Kier alpha value is -2.43. The van der Waals surface area contributed by atoms with Gasteiger partial charge in [0.05, 0.1) is 18.5 Å². The maximum Gasteiger partial charge on any atom is 0.234 e. The van der Waals surface area contributed by atoms with Crippen molar-refractivity contribution in [2.75, 3.05) is 13.1 Å². The van der Waals surface area contributed by atoms with E-state index < -0.39 is 11.2 Å². The second kappa shape index (κ2) is 5.79. The monoisotopic (exact) mass is 357 g/mol. The Morgan fingerprint density at radius 1 is 1.08 bits per heavy atom. The van der Waals surface area contributed by atoms with E-state index in [-0.39, 0.29) is 29.0 Å². The molecule has 1 atom stereocenters. The van der Waals surface area contributed by atoms with Crippen LogP contribution in [0.25, 0.3) is 0 Å². The Morgan fingerprint density at radius 2 is 1.69 bits per heavy atom. The van der Waals surface area contributed by atoms with Crippen molar-refractivity contribution in [3.05, 3.63) is 65.7 Å². The SMILES string of the molecule is CC1(C)C[C@]1(C(=O)N1CC(Oc2ccccc2F)C1)c1ccc(F)cc1. The fraction of sp³-hybridized carbons (Fsp3) is 0.381. The predicted octanol–water partition coefficient (Wildman–Crippen LogP) is 3.92. The first kappa shape index (κ1) is 17.0. The molecule has 0 radical (unpaired) electrons. The second-order valence-corrected chi connectivity index (χ2v) is 7.85. The molecule has 4 rings (SSSR count). The fourth-order valence-electron chi connectivity index (χ4n) is 4.00. The van der Waals surface area contributed by atoms with Crippen molar-refractivity contribution in [1.82, 2.24) is 4.90 Å². The summed E-state index contributed by atoms with van der Waals surface area (Å²) in [5.74, 6) is -0.451. The van der Waals surface area contributed by atoms with Gasteiger partial charge in [-0.05, 0) is 41.7 Å². The number of hydrogen-bond donors (Lipinski definition) is 0. The van der Waals surface area contributed by atoms with Crippen LogP contribution in [0.2, 0.25) is 0 Å². The van der Waals surface area contributed by atoms with Gasteiger partial charge in [-0.15, -0.1) is 0 Å². The Morgan fingerprint density at radius 3 is 2.27 bits per heavy atom. The topological polar surface area (TPSA) is 29.5 Å². The molecule has 3 nitrogen and oxygen atoms in total. The van der Waals surface area contributed by atoms with Gasteiger partial charge in [-0.3, -0.25) is 4.79 Å². The van der Waals surface area contributed by atoms with Gasteiger partial charge < -0.3 is 9.64 Å².